The molecule has 1 atom stereocenters. The Labute approximate surface area is 115 Å². The Morgan fingerprint density at radius 3 is 3.16 bits per heavy atom. The molecular weight excluding hydrogens is 262 g/mol. The van der Waals surface area contributed by atoms with Crippen molar-refractivity contribution in [1.29, 1.82) is 0 Å². The highest BCUT2D eigenvalue weighted by Gasteiger charge is 2.14. The number of furan rings is 1. The van der Waals surface area contributed by atoms with Crippen molar-refractivity contribution in [3.63, 3.8) is 0 Å². The number of hydrogen-bond donors (Lipinski definition) is 2. The van der Waals surface area contributed by atoms with Crippen LogP contribution in [0.4, 0.5) is 0 Å². The third-order valence-electron chi connectivity index (χ3n) is 2.61. The van der Waals surface area contributed by atoms with Gasteiger partial charge in [-0.05, 0) is 25.6 Å². The molecule has 0 aliphatic heterocycles. The molecule has 2 aromatic heterocycles. The Balaban J connectivity index is 1.88. The number of nitrogens with zero attached hydrogens (tertiary/aromatic N) is 1. The molecule has 0 saturated heterocycles. The van der Waals surface area contributed by atoms with Gasteiger partial charge in [-0.3, -0.25) is 4.79 Å². The maximum atomic E-state index is 12.0. The number of carbonyl (C=O) groups excluding carboxylic acids is 1. The van der Waals surface area contributed by atoms with Gasteiger partial charge in [0.1, 0.15) is 11.5 Å². The van der Waals surface area contributed by atoms with Crippen LogP contribution in [0.5, 0.6) is 0 Å². The van der Waals surface area contributed by atoms with Crippen molar-refractivity contribution < 1.29 is 9.21 Å². The van der Waals surface area contributed by atoms with Gasteiger partial charge in [0.05, 0.1) is 11.3 Å². The largest absolute Gasteiger partial charge is 0.469 e. The summed E-state index contributed by atoms with van der Waals surface area (Å²) in [5, 5.41) is 5.56. The first kappa shape index (κ1) is 13.8. The Kier molecular flexibility index (Phi) is 4.70. The minimum absolute atomic E-state index is 0.00157. The summed E-state index contributed by atoms with van der Waals surface area (Å²) in [7, 11) is 0. The molecule has 0 radical (unpaired) electrons. The van der Waals surface area contributed by atoms with Crippen molar-refractivity contribution in [1.82, 2.24) is 10.3 Å². The fourth-order valence-electron chi connectivity index (χ4n) is 1.73. The normalized spacial score (nSPS) is 12.3. The minimum Gasteiger partial charge on any atom is -0.469 e. The monoisotopic (exact) mass is 279 g/mol. The molecular formula is C13H17N3O2S. The van der Waals surface area contributed by atoms with Crippen LogP contribution in [0.2, 0.25) is 0 Å². The van der Waals surface area contributed by atoms with Crippen LogP contribution in [0.15, 0.2) is 28.2 Å². The lowest BCUT2D eigenvalue weighted by atomic mass is 10.2. The molecule has 102 valence electrons. The SMILES string of the molecule is CC(Cc1ccco1)NC(=O)c1csc(CCN)n1. The van der Waals surface area contributed by atoms with Gasteiger partial charge in [-0.15, -0.1) is 11.3 Å². The van der Waals surface area contributed by atoms with E-state index < -0.39 is 0 Å². The number of rotatable bonds is 6. The molecule has 0 saturated carbocycles. The number of nitrogens with two attached hydrogens (primary N) is 1. The highest BCUT2D eigenvalue weighted by molar-refractivity contribution is 7.09. The zero-order valence-electron chi connectivity index (χ0n) is 10.8. The van der Waals surface area contributed by atoms with Gasteiger partial charge >= 0.3 is 0 Å². The smallest absolute Gasteiger partial charge is 0.270 e. The second-order valence-corrected chi connectivity index (χ2v) is 5.27. The standard InChI is InChI=1S/C13H17N3O2S/c1-9(7-10-3-2-6-18-10)15-13(17)11-8-19-12(16-11)4-5-14/h2-3,6,8-9H,4-5,7,14H2,1H3,(H,15,17). The predicted molar refractivity (Wildman–Crippen MR) is 74.2 cm³/mol. The van der Waals surface area contributed by atoms with Gasteiger partial charge in [0.25, 0.3) is 5.91 Å². The molecule has 0 bridgehead atoms. The maximum Gasteiger partial charge on any atom is 0.270 e. The number of amides is 1. The minimum atomic E-state index is -0.154. The van der Waals surface area contributed by atoms with E-state index in [9.17, 15) is 4.79 Å². The lowest BCUT2D eigenvalue weighted by Crippen LogP contribution is -2.34. The van der Waals surface area contributed by atoms with E-state index in [4.69, 9.17) is 10.2 Å². The topological polar surface area (TPSA) is 81.2 Å². The molecule has 2 rings (SSSR count). The first-order valence-electron chi connectivity index (χ1n) is 6.16. The Bertz CT molecular complexity index is 522. The Morgan fingerprint density at radius 1 is 1.63 bits per heavy atom. The van der Waals surface area contributed by atoms with E-state index in [1.54, 1.807) is 11.6 Å². The summed E-state index contributed by atoms with van der Waals surface area (Å²) < 4.78 is 5.25. The summed E-state index contributed by atoms with van der Waals surface area (Å²) in [6.07, 6.45) is 3.00. The lowest BCUT2D eigenvalue weighted by molar-refractivity contribution is 0.0934. The van der Waals surface area contributed by atoms with E-state index in [1.165, 1.54) is 11.3 Å². The molecule has 1 unspecified atom stereocenters. The third-order valence-corrected chi connectivity index (χ3v) is 3.52. The van der Waals surface area contributed by atoms with Crippen LogP contribution in [0.25, 0.3) is 0 Å². The summed E-state index contributed by atoms with van der Waals surface area (Å²) in [5.74, 6) is 0.702. The second-order valence-electron chi connectivity index (χ2n) is 4.32. The summed E-state index contributed by atoms with van der Waals surface area (Å²) >= 11 is 1.46. The highest BCUT2D eigenvalue weighted by atomic mass is 32.1. The van der Waals surface area contributed by atoms with Gasteiger partial charge in [0.2, 0.25) is 0 Å². The fourth-order valence-corrected chi connectivity index (χ4v) is 2.53. The van der Waals surface area contributed by atoms with E-state index in [1.807, 2.05) is 19.1 Å². The number of carbonyl (C=O) groups is 1. The summed E-state index contributed by atoms with van der Waals surface area (Å²) in [6, 6.07) is 3.73. The zero-order chi connectivity index (χ0) is 13.7. The third kappa shape index (κ3) is 3.90. The van der Waals surface area contributed by atoms with Crippen LogP contribution >= 0.6 is 11.3 Å². The van der Waals surface area contributed by atoms with Crippen molar-refractivity contribution in [2.75, 3.05) is 6.54 Å². The molecule has 2 heterocycles. The molecule has 0 spiro atoms. The average molecular weight is 279 g/mol. The highest BCUT2D eigenvalue weighted by Crippen LogP contribution is 2.10. The van der Waals surface area contributed by atoms with Crippen LogP contribution in [0.1, 0.15) is 28.2 Å². The van der Waals surface area contributed by atoms with Gasteiger partial charge in [0.15, 0.2) is 0 Å². The van der Waals surface area contributed by atoms with Gasteiger partial charge < -0.3 is 15.5 Å². The molecule has 1 amide bonds. The molecule has 0 aliphatic rings. The molecule has 19 heavy (non-hydrogen) atoms. The van der Waals surface area contributed by atoms with Gasteiger partial charge in [-0.2, -0.15) is 0 Å². The first-order valence-corrected chi connectivity index (χ1v) is 7.04. The molecule has 2 aromatic rings. The molecule has 0 aliphatic carbocycles. The maximum absolute atomic E-state index is 12.0. The summed E-state index contributed by atoms with van der Waals surface area (Å²) in [4.78, 5) is 16.2. The molecule has 3 N–H and O–H groups in total. The zero-order valence-corrected chi connectivity index (χ0v) is 11.6. The summed E-state index contributed by atoms with van der Waals surface area (Å²) in [5.41, 5.74) is 5.92. The van der Waals surface area contributed by atoms with Crippen molar-refractivity contribution >= 4 is 17.2 Å². The fraction of sp³-hybridized carbons (Fsp3) is 0.385. The van der Waals surface area contributed by atoms with Crippen molar-refractivity contribution in [3.05, 3.63) is 40.2 Å². The van der Waals surface area contributed by atoms with Crippen LogP contribution in [-0.4, -0.2) is 23.5 Å². The van der Waals surface area contributed by atoms with Crippen molar-refractivity contribution in [2.45, 2.75) is 25.8 Å². The van der Waals surface area contributed by atoms with E-state index in [0.717, 1.165) is 10.8 Å². The lowest BCUT2D eigenvalue weighted by Gasteiger charge is -2.11. The number of aromatic nitrogens is 1. The quantitative estimate of drug-likeness (QED) is 0.841. The molecule has 0 aromatic carbocycles. The molecule has 5 nitrogen and oxygen atoms in total. The van der Waals surface area contributed by atoms with Crippen LogP contribution in [-0.2, 0) is 12.8 Å². The number of nitrogens with one attached hydrogen (secondary N) is 1. The van der Waals surface area contributed by atoms with Crippen LogP contribution < -0.4 is 11.1 Å². The Hall–Kier alpha value is -1.66. The molecule has 0 fully saturated rings. The second kappa shape index (κ2) is 6.49. The Morgan fingerprint density at radius 2 is 2.47 bits per heavy atom. The van der Waals surface area contributed by atoms with E-state index in [0.29, 0.717) is 25.1 Å². The van der Waals surface area contributed by atoms with E-state index in [2.05, 4.69) is 10.3 Å². The van der Waals surface area contributed by atoms with E-state index in [-0.39, 0.29) is 11.9 Å². The first-order chi connectivity index (χ1) is 9.19. The van der Waals surface area contributed by atoms with Crippen molar-refractivity contribution in [3.8, 4) is 0 Å². The van der Waals surface area contributed by atoms with Crippen molar-refractivity contribution in [2.24, 2.45) is 5.73 Å². The van der Waals surface area contributed by atoms with E-state index >= 15 is 0 Å². The predicted octanol–water partition coefficient (Wildman–Crippen LogP) is 1.60. The van der Waals surface area contributed by atoms with Gasteiger partial charge in [-0.25, -0.2) is 4.98 Å². The number of thiazole rings is 1. The van der Waals surface area contributed by atoms with Crippen LogP contribution in [0.3, 0.4) is 0 Å². The summed E-state index contributed by atoms with van der Waals surface area (Å²) in [6.45, 7) is 2.48. The number of hydrogen-bond acceptors (Lipinski definition) is 5. The average Bonchev–Trinajstić information content (AvgIpc) is 3.00. The molecule has 6 heteroatoms. The van der Waals surface area contributed by atoms with Gasteiger partial charge in [0, 0.05) is 24.3 Å². The van der Waals surface area contributed by atoms with Crippen LogP contribution in [0, 0.1) is 0 Å². The van der Waals surface area contributed by atoms with Gasteiger partial charge in [-0.1, -0.05) is 0 Å².